The van der Waals surface area contributed by atoms with Gasteiger partial charge in [-0.3, -0.25) is 0 Å². The molecule has 9 aromatic rings. The second-order valence-electron chi connectivity index (χ2n) is 14.1. The fourth-order valence-electron chi connectivity index (χ4n) is 8.44. The van der Waals surface area contributed by atoms with Gasteiger partial charge in [-0.2, -0.15) is 0 Å². The Labute approximate surface area is 297 Å². The molecule has 0 fully saturated rings. The topological polar surface area (TPSA) is 25.8 Å². The molecule has 8 aromatic carbocycles. The van der Waals surface area contributed by atoms with Gasteiger partial charge in [0.15, 0.2) is 5.82 Å². The number of fused-ring (bicyclic) bond motifs is 7. The van der Waals surface area contributed by atoms with Crippen molar-refractivity contribution in [3.8, 4) is 56.2 Å². The molecule has 0 bridgehead atoms. The van der Waals surface area contributed by atoms with Crippen LogP contribution in [0.2, 0.25) is 0 Å². The van der Waals surface area contributed by atoms with E-state index in [1.807, 2.05) is 0 Å². The van der Waals surface area contributed by atoms with Crippen LogP contribution in [0.25, 0.3) is 88.5 Å². The van der Waals surface area contributed by atoms with Gasteiger partial charge in [0, 0.05) is 22.1 Å². The molecular weight excluding hydrogens is 617 g/mol. The molecule has 2 heteroatoms. The van der Waals surface area contributed by atoms with Crippen LogP contribution >= 0.6 is 0 Å². The van der Waals surface area contributed by atoms with Gasteiger partial charge in [0.2, 0.25) is 0 Å². The van der Waals surface area contributed by atoms with Gasteiger partial charge in [-0.25, -0.2) is 9.97 Å². The Balaban J connectivity index is 1.33. The minimum absolute atomic E-state index is 0.118. The highest BCUT2D eigenvalue weighted by atomic mass is 14.9. The lowest BCUT2D eigenvalue weighted by atomic mass is 9.82. The molecule has 51 heavy (non-hydrogen) atoms. The normalized spacial score (nSPS) is 13.1. The van der Waals surface area contributed by atoms with Crippen LogP contribution in [0.4, 0.5) is 0 Å². The molecule has 1 aliphatic rings. The summed E-state index contributed by atoms with van der Waals surface area (Å²) in [4.78, 5) is 11.1. The van der Waals surface area contributed by atoms with Gasteiger partial charge in [-0.05, 0) is 77.8 Å². The van der Waals surface area contributed by atoms with Crippen molar-refractivity contribution in [2.24, 2.45) is 0 Å². The fourth-order valence-corrected chi connectivity index (χ4v) is 8.44. The molecule has 0 amide bonds. The van der Waals surface area contributed by atoms with Crippen LogP contribution in [0.1, 0.15) is 25.0 Å². The maximum atomic E-state index is 5.57. The summed E-state index contributed by atoms with van der Waals surface area (Å²) in [7, 11) is 0. The number of benzene rings is 8. The van der Waals surface area contributed by atoms with Crippen molar-refractivity contribution in [1.82, 2.24) is 9.97 Å². The number of hydrogen-bond acceptors (Lipinski definition) is 2. The van der Waals surface area contributed by atoms with E-state index in [0.29, 0.717) is 0 Å². The minimum Gasteiger partial charge on any atom is -0.228 e. The highest BCUT2D eigenvalue weighted by Crippen LogP contribution is 2.52. The molecule has 0 atom stereocenters. The second-order valence-corrected chi connectivity index (χ2v) is 14.1. The lowest BCUT2D eigenvalue weighted by Gasteiger charge is -2.21. The molecule has 0 unspecified atom stereocenters. The van der Waals surface area contributed by atoms with Crippen molar-refractivity contribution in [1.29, 1.82) is 0 Å². The highest BCUT2D eigenvalue weighted by molar-refractivity contribution is 6.19. The molecule has 0 N–H and O–H groups in total. The van der Waals surface area contributed by atoms with Crippen LogP contribution in [-0.2, 0) is 5.41 Å². The van der Waals surface area contributed by atoms with Crippen molar-refractivity contribution in [3.63, 3.8) is 0 Å². The Morgan fingerprint density at radius 2 is 0.980 bits per heavy atom. The van der Waals surface area contributed by atoms with E-state index >= 15 is 0 Å². The molecule has 0 spiro atoms. The van der Waals surface area contributed by atoms with Gasteiger partial charge in [-0.1, -0.05) is 172 Å². The summed E-state index contributed by atoms with van der Waals surface area (Å²) in [6.07, 6.45) is 0. The van der Waals surface area contributed by atoms with Gasteiger partial charge >= 0.3 is 0 Å². The summed E-state index contributed by atoms with van der Waals surface area (Å²) in [6, 6.07) is 61.1. The first-order valence-corrected chi connectivity index (χ1v) is 17.7. The summed E-state index contributed by atoms with van der Waals surface area (Å²) in [5.74, 6) is 0.727. The van der Waals surface area contributed by atoms with Crippen molar-refractivity contribution in [2.45, 2.75) is 19.3 Å². The Morgan fingerprint density at radius 1 is 0.373 bits per heavy atom. The highest BCUT2D eigenvalue weighted by Gasteiger charge is 2.37. The minimum atomic E-state index is -0.118. The van der Waals surface area contributed by atoms with Gasteiger partial charge < -0.3 is 0 Å². The molecule has 1 aromatic heterocycles. The summed E-state index contributed by atoms with van der Waals surface area (Å²) in [5, 5.41) is 7.12. The van der Waals surface area contributed by atoms with E-state index in [2.05, 4.69) is 184 Å². The van der Waals surface area contributed by atoms with E-state index in [0.717, 1.165) is 55.8 Å². The Morgan fingerprint density at radius 3 is 1.80 bits per heavy atom. The first-order chi connectivity index (χ1) is 25.1. The van der Waals surface area contributed by atoms with Crippen LogP contribution in [0, 0.1) is 0 Å². The summed E-state index contributed by atoms with van der Waals surface area (Å²) in [6.45, 7) is 4.67. The Kier molecular flexibility index (Phi) is 6.56. The zero-order chi connectivity index (χ0) is 34.1. The molecular formula is C49H34N2. The summed E-state index contributed by atoms with van der Waals surface area (Å²) < 4.78 is 0. The average molecular weight is 651 g/mol. The van der Waals surface area contributed by atoms with Gasteiger partial charge in [0.1, 0.15) is 0 Å². The van der Waals surface area contributed by atoms with Crippen LogP contribution < -0.4 is 0 Å². The Hall–Kier alpha value is -6.38. The average Bonchev–Trinajstić information content (AvgIpc) is 3.43. The smallest absolute Gasteiger partial charge is 0.161 e. The molecule has 1 aliphatic carbocycles. The largest absolute Gasteiger partial charge is 0.228 e. The zero-order valence-electron chi connectivity index (χ0n) is 28.6. The first-order valence-electron chi connectivity index (χ1n) is 17.7. The van der Waals surface area contributed by atoms with Crippen LogP contribution in [0.5, 0.6) is 0 Å². The second kappa shape index (κ2) is 11.3. The zero-order valence-corrected chi connectivity index (χ0v) is 28.6. The number of nitrogens with zero attached hydrogens (tertiary/aromatic N) is 2. The maximum absolute atomic E-state index is 5.57. The van der Waals surface area contributed by atoms with Crippen molar-refractivity contribution in [2.75, 3.05) is 0 Å². The molecule has 0 aliphatic heterocycles. The molecule has 0 saturated heterocycles. The van der Waals surface area contributed by atoms with E-state index in [4.69, 9.17) is 9.97 Å². The SMILES string of the molecule is CC1(C)c2ccccc2-c2c(-c3cc(-c4ccccc4-c4ccccc4)nc(-c4c5ccccc5cc5c4ccc4ccccc45)n3)cccc21. The van der Waals surface area contributed by atoms with Gasteiger partial charge in [0.25, 0.3) is 0 Å². The number of aromatic nitrogens is 2. The standard InChI is InChI=1S/C49H34N2/c1-49(2)42-25-13-12-23-39(42)46-40(24-14-26-43(46)49)45-30-44(37-22-11-10-19-34(37)31-15-4-3-5-16-31)50-48(51-45)47-36-21-9-7-18-33(36)29-41-35-20-8-6-17-32(35)27-28-38(41)47/h3-30H,1-2H3. The Bertz CT molecular complexity index is 2830. The monoisotopic (exact) mass is 650 g/mol. The predicted molar refractivity (Wildman–Crippen MR) is 214 cm³/mol. The maximum Gasteiger partial charge on any atom is 0.161 e. The molecule has 10 rings (SSSR count). The lowest BCUT2D eigenvalue weighted by molar-refractivity contribution is 0.660. The van der Waals surface area contributed by atoms with E-state index in [1.165, 1.54) is 43.8 Å². The van der Waals surface area contributed by atoms with Gasteiger partial charge in [-0.15, -0.1) is 0 Å². The molecule has 0 saturated carbocycles. The van der Waals surface area contributed by atoms with Crippen LogP contribution in [0.15, 0.2) is 170 Å². The third-order valence-corrected chi connectivity index (χ3v) is 10.9. The fraction of sp³-hybridized carbons (Fsp3) is 0.0612. The van der Waals surface area contributed by atoms with Crippen LogP contribution in [-0.4, -0.2) is 9.97 Å². The predicted octanol–water partition coefficient (Wildman–Crippen LogP) is 12.9. The molecule has 1 heterocycles. The van der Waals surface area contributed by atoms with E-state index in [1.54, 1.807) is 0 Å². The van der Waals surface area contributed by atoms with E-state index in [9.17, 15) is 0 Å². The molecule has 2 nitrogen and oxygen atoms in total. The van der Waals surface area contributed by atoms with Crippen molar-refractivity contribution in [3.05, 3.63) is 181 Å². The first kappa shape index (κ1) is 29.5. The number of hydrogen-bond donors (Lipinski definition) is 0. The van der Waals surface area contributed by atoms with E-state index < -0.39 is 0 Å². The number of rotatable bonds is 4. The van der Waals surface area contributed by atoms with Crippen molar-refractivity contribution >= 4 is 32.3 Å². The third-order valence-electron chi connectivity index (χ3n) is 10.9. The summed E-state index contributed by atoms with van der Waals surface area (Å²) >= 11 is 0. The molecule has 240 valence electrons. The molecule has 0 radical (unpaired) electrons. The van der Waals surface area contributed by atoms with Gasteiger partial charge in [0.05, 0.1) is 11.4 Å². The van der Waals surface area contributed by atoms with Crippen LogP contribution in [0.3, 0.4) is 0 Å². The van der Waals surface area contributed by atoms with Crippen molar-refractivity contribution < 1.29 is 0 Å². The summed E-state index contributed by atoms with van der Waals surface area (Å²) in [5.41, 5.74) is 12.5. The quantitative estimate of drug-likeness (QED) is 0.140. The van der Waals surface area contributed by atoms with E-state index in [-0.39, 0.29) is 5.41 Å². The third kappa shape index (κ3) is 4.57. The lowest BCUT2D eigenvalue weighted by Crippen LogP contribution is -2.14.